The number of ether oxygens (including phenoxy) is 2. The van der Waals surface area contributed by atoms with Gasteiger partial charge in [0, 0.05) is 25.2 Å². The van der Waals surface area contributed by atoms with Crippen LogP contribution < -0.4 is 9.47 Å². The van der Waals surface area contributed by atoms with E-state index in [2.05, 4.69) is 25.9 Å². The fourth-order valence-electron chi connectivity index (χ4n) is 3.70. The van der Waals surface area contributed by atoms with Crippen LogP contribution in [0.15, 0.2) is 18.2 Å². The number of hydrogen-bond acceptors (Lipinski definition) is 4. The summed E-state index contributed by atoms with van der Waals surface area (Å²) in [6.45, 7) is 4.33. The SMILES string of the molecule is COc1ccc2c(c1)OC[C@H](C(=O)N1C[C@@H](N(C)C)[C@@H](C)C1)C2. The Bertz CT molecular complexity index is 588. The number of rotatable bonds is 3. The van der Waals surface area contributed by atoms with Crippen LogP contribution in [0.3, 0.4) is 0 Å². The third-order valence-electron chi connectivity index (χ3n) is 5.08. The van der Waals surface area contributed by atoms with Gasteiger partial charge in [-0.3, -0.25) is 4.79 Å². The van der Waals surface area contributed by atoms with Crippen molar-refractivity contribution in [3.63, 3.8) is 0 Å². The van der Waals surface area contributed by atoms with Crippen molar-refractivity contribution in [2.45, 2.75) is 19.4 Å². The molecule has 0 aliphatic carbocycles. The highest BCUT2D eigenvalue weighted by Gasteiger charge is 2.37. The van der Waals surface area contributed by atoms with Gasteiger partial charge in [-0.25, -0.2) is 0 Å². The van der Waals surface area contributed by atoms with Gasteiger partial charge in [0.25, 0.3) is 0 Å². The lowest BCUT2D eigenvalue weighted by atomic mass is 9.95. The van der Waals surface area contributed by atoms with Gasteiger partial charge in [0.1, 0.15) is 18.1 Å². The molecule has 0 saturated carbocycles. The fraction of sp³-hybridized carbons (Fsp3) is 0.611. The summed E-state index contributed by atoms with van der Waals surface area (Å²) in [6, 6.07) is 6.27. The van der Waals surface area contributed by atoms with Crippen molar-refractivity contribution in [1.29, 1.82) is 0 Å². The molecule has 0 unspecified atom stereocenters. The van der Waals surface area contributed by atoms with Gasteiger partial charge in [-0.2, -0.15) is 0 Å². The zero-order valence-electron chi connectivity index (χ0n) is 14.4. The van der Waals surface area contributed by atoms with Gasteiger partial charge in [-0.05, 0) is 38.1 Å². The highest BCUT2D eigenvalue weighted by Crippen LogP contribution is 2.32. The topological polar surface area (TPSA) is 42.0 Å². The fourth-order valence-corrected chi connectivity index (χ4v) is 3.70. The summed E-state index contributed by atoms with van der Waals surface area (Å²) >= 11 is 0. The second kappa shape index (κ2) is 6.40. The Balaban J connectivity index is 1.68. The van der Waals surface area contributed by atoms with E-state index in [1.807, 2.05) is 23.1 Å². The van der Waals surface area contributed by atoms with E-state index in [9.17, 15) is 4.79 Å². The van der Waals surface area contributed by atoms with Crippen LogP contribution in [-0.2, 0) is 11.2 Å². The molecule has 0 N–H and O–H groups in total. The van der Waals surface area contributed by atoms with Gasteiger partial charge in [0.15, 0.2) is 0 Å². The molecule has 0 spiro atoms. The minimum Gasteiger partial charge on any atom is -0.497 e. The third-order valence-corrected chi connectivity index (χ3v) is 5.08. The largest absolute Gasteiger partial charge is 0.497 e. The van der Waals surface area contributed by atoms with E-state index in [1.165, 1.54) is 0 Å². The molecule has 0 aromatic heterocycles. The Morgan fingerprint density at radius 3 is 2.78 bits per heavy atom. The molecule has 2 aliphatic rings. The molecule has 2 aliphatic heterocycles. The lowest BCUT2D eigenvalue weighted by Crippen LogP contribution is -2.41. The quantitative estimate of drug-likeness (QED) is 0.850. The van der Waals surface area contributed by atoms with Crippen LogP contribution in [0.25, 0.3) is 0 Å². The Morgan fingerprint density at radius 2 is 2.13 bits per heavy atom. The molecule has 3 rings (SSSR count). The predicted octanol–water partition coefficient (Wildman–Crippen LogP) is 1.65. The van der Waals surface area contributed by atoms with Crippen molar-refractivity contribution < 1.29 is 14.3 Å². The first-order valence-electron chi connectivity index (χ1n) is 8.24. The monoisotopic (exact) mass is 318 g/mol. The average Bonchev–Trinajstić information content (AvgIpc) is 2.95. The van der Waals surface area contributed by atoms with Crippen molar-refractivity contribution in [3.05, 3.63) is 23.8 Å². The number of carbonyl (C=O) groups is 1. The lowest BCUT2D eigenvalue weighted by molar-refractivity contribution is -0.136. The first-order chi connectivity index (χ1) is 11.0. The maximum atomic E-state index is 12.8. The minimum atomic E-state index is -0.0796. The summed E-state index contributed by atoms with van der Waals surface area (Å²) in [7, 11) is 5.82. The zero-order valence-corrected chi connectivity index (χ0v) is 14.4. The summed E-state index contributed by atoms with van der Waals surface area (Å²) in [5.74, 6) is 2.28. The highest BCUT2D eigenvalue weighted by molar-refractivity contribution is 5.80. The van der Waals surface area contributed by atoms with Crippen LogP contribution >= 0.6 is 0 Å². The van der Waals surface area contributed by atoms with Crippen molar-refractivity contribution in [3.8, 4) is 11.5 Å². The molecule has 1 aromatic rings. The molecular formula is C18H26N2O3. The Morgan fingerprint density at radius 1 is 1.35 bits per heavy atom. The summed E-state index contributed by atoms with van der Waals surface area (Å²) in [4.78, 5) is 17.1. The van der Waals surface area contributed by atoms with Gasteiger partial charge in [-0.1, -0.05) is 13.0 Å². The summed E-state index contributed by atoms with van der Waals surface area (Å²) in [5, 5.41) is 0. The van der Waals surface area contributed by atoms with Crippen LogP contribution in [0, 0.1) is 11.8 Å². The van der Waals surface area contributed by atoms with E-state index in [-0.39, 0.29) is 11.8 Å². The standard InChI is InChI=1S/C18H26N2O3/c1-12-9-20(10-16(12)19(2)3)18(21)14-7-13-5-6-15(22-4)8-17(13)23-11-14/h5-6,8,12,14,16H,7,9-11H2,1-4H3/t12-,14+,16+/m0/s1. The Kier molecular flexibility index (Phi) is 4.48. The predicted molar refractivity (Wildman–Crippen MR) is 88.9 cm³/mol. The lowest BCUT2D eigenvalue weighted by Gasteiger charge is -2.28. The molecule has 126 valence electrons. The summed E-state index contributed by atoms with van der Waals surface area (Å²) < 4.78 is 11.0. The highest BCUT2D eigenvalue weighted by atomic mass is 16.5. The van der Waals surface area contributed by atoms with E-state index >= 15 is 0 Å². The molecular weight excluding hydrogens is 292 g/mol. The van der Waals surface area contributed by atoms with Gasteiger partial charge in [-0.15, -0.1) is 0 Å². The smallest absolute Gasteiger partial charge is 0.229 e. The normalized spacial score (nSPS) is 26.8. The summed E-state index contributed by atoms with van der Waals surface area (Å²) in [6.07, 6.45) is 0.746. The zero-order chi connectivity index (χ0) is 16.6. The first kappa shape index (κ1) is 16.1. The molecule has 0 radical (unpaired) electrons. The number of likely N-dealkylation sites (tertiary alicyclic amines) is 1. The van der Waals surface area contributed by atoms with E-state index in [0.717, 1.165) is 36.6 Å². The number of fused-ring (bicyclic) bond motifs is 1. The maximum absolute atomic E-state index is 12.8. The molecule has 5 heteroatoms. The molecule has 2 heterocycles. The Hall–Kier alpha value is -1.75. The van der Waals surface area contributed by atoms with Crippen molar-refractivity contribution in [2.24, 2.45) is 11.8 Å². The number of likely N-dealkylation sites (N-methyl/N-ethyl adjacent to an activating group) is 1. The maximum Gasteiger partial charge on any atom is 0.229 e. The number of hydrogen-bond donors (Lipinski definition) is 0. The molecule has 1 saturated heterocycles. The molecule has 0 bridgehead atoms. The summed E-state index contributed by atoms with van der Waals surface area (Å²) in [5.41, 5.74) is 1.09. The van der Waals surface area contributed by atoms with Crippen LogP contribution in [0.1, 0.15) is 12.5 Å². The number of nitrogens with zero attached hydrogens (tertiary/aromatic N) is 2. The Labute approximate surface area is 138 Å². The van der Waals surface area contributed by atoms with E-state index in [0.29, 0.717) is 18.6 Å². The second-order valence-electron chi connectivity index (χ2n) is 6.94. The van der Waals surface area contributed by atoms with Crippen molar-refractivity contribution in [1.82, 2.24) is 9.80 Å². The molecule has 1 amide bonds. The number of benzene rings is 1. The molecule has 1 aromatic carbocycles. The number of amides is 1. The van der Waals surface area contributed by atoms with E-state index < -0.39 is 0 Å². The van der Waals surface area contributed by atoms with Crippen LogP contribution in [0.2, 0.25) is 0 Å². The molecule has 3 atom stereocenters. The van der Waals surface area contributed by atoms with Crippen LogP contribution in [0.4, 0.5) is 0 Å². The van der Waals surface area contributed by atoms with Crippen LogP contribution in [0.5, 0.6) is 11.5 Å². The molecule has 23 heavy (non-hydrogen) atoms. The number of methoxy groups -OCH3 is 1. The number of carbonyl (C=O) groups excluding carboxylic acids is 1. The third kappa shape index (κ3) is 3.15. The second-order valence-corrected chi connectivity index (χ2v) is 6.94. The van der Waals surface area contributed by atoms with Gasteiger partial charge < -0.3 is 19.3 Å². The van der Waals surface area contributed by atoms with Gasteiger partial charge >= 0.3 is 0 Å². The first-order valence-corrected chi connectivity index (χ1v) is 8.24. The molecule has 1 fully saturated rings. The van der Waals surface area contributed by atoms with Gasteiger partial charge in [0.2, 0.25) is 5.91 Å². The van der Waals surface area contributed by atoms with Crippen LogP contribution in [-0.4, -0.2) is 62.7 Å². The van der Waals surface area contributed by atoms with Gasteiger partial charge in [0.05, 0.1) is 13.0 Å². The van der Waals surface area contributed by atoms with E-state index in [4.69, 9.17) is 9.47 Å². The molecule has 5 nitrogen and oxygen atoms in total. The van der Waals surface area contributed by atoms with Crippen molar-refractivity contribution in [2.75, 3.05) is 40.9 Å². The van der Waals surface area contributed by atoms with E-state index in [1.54, 1.807) is 7.11 Å². The minimum absolute atomic E-state index is 0.0796. The average molecular weight is 318 g/mol. The van der Waals surface area contributed by atoms with Crippen molar-refractivity contribution >= 4 is 5.91 Å².